The van der Waals surface area contributed by atoms with E-state index in [4.69, 9.17) is 4.74 Å². The summed E-state index contributed by atoms with van der Waals surface area (Å²) in [5, 5.41) is 2.94. The molecule has 0 unspecified atom stereocenters. The lowest BCUT2D eigenvalue weighted by atomic mass is 10.1. The van der Waals surface area contributed by atoms with E-state index in [0.29, 0.717) is 18.0 Å². The van der Waals surface area contributed by atoms with Crippen molar-refractivity contribution < 1.29 is 17.9 Å². The quantitative estimate of drug-likeness (QED) is 0.528. The first-order valence-corrected chi connectivity index (χ1v) is 13.8. The minimum absolute atomic E-state index is 0.103. The van der Waals surface area contributed by atoms with Crippen LogP contribution in [0.3, 0.4) is 0 Å². The molecule has 0 radical (unpaired) electrons. The molecular weight excluding hydrogens is 474 g/mol. The Morgan fingerprint density at radius 2 is 1.69 bits per heavy atom. The Morgan fingerprint density at radius 1 is 0.972 bits per heavy atom. The first-order chi connectivity index (χ1) is 17.4. The highest BCUT2D eigenvalue weighted by Gasteiger charge is 2.37. The number of nitrogens with zero attached hydrogens (tertiary/aromatic N) is 2. The molecule has 1 N–H and O–H groups in total. The zero-order valence-electron chi connectivity index (χ0n) is 20.4. The average molecular weight is 506 g/mol. The van der Waals surface area contributed by atoms with Crippen LogP contribution in [-0.4, -0.2) is 45.0 Å². The highest BCUT2D eigenvalue weighted by Crippen LogP contribution is 2.36. The van der Waals surface area contributed by atoms with Crippen LogP contribution in [0.25, 0.3) is 0 Å². The SMILES string of the molecule is Cc1ccc(S(=O)(=O)N2C[C@H](C(=O)NCc3cccc(CN4CCCC4)c3)Oc3ccccc32)cc1. The molecule has 0 aromatic heterocycles. The monoisotopic (exact) mass is 505 g/mol. The molecule has 7 nitrogen and oxygen atoms in total. The van der Waals surface area contributed by atoms with Crippen molar-refractivity contribution in [3.8, 4) is 5.75 Å². The fraction of sp³-hybridized carbons (Fsp3) is 0.321. The minimum atomic E-state index is -3.87. The van der Waals surface area contributed by atoms with E-state index < -0.39 is 16.1 Å². The van der Waals surface area contributed by atoms with Gasteiger partial charge in [0.2, 0.25) is 0 Å². The molecule has 8 heteroatoms. The lowest BCUT2D eigenvalue weighted by Gasteiger charge is -2.34. The fourth-order valence-corrected chi connectivity index (χ4v) is 6.22. The molecule has 188 valence electrons. The second-order valence-electron chi connectivity index (χ2n) is 9.44. The standard InChI is InChI=1S/C28H31N3O4S/c1-21-11-13-24(14-12-21)36(33,34)31-20-27(35-26-10-3-2-9-25(26)31)28(32)29-18-22-7-6-8-23(17-22)19-30-15-4-5-16-30/h2-3,6-14,17,27H,4-5,15-16,18-20H2,1H3,(H,29,32)/t27-/m1/s1. The van der Waals surface area contributed by atoms with Gasteiger partial charge in [0.05, 0.1) is 17.1 Å². The molecule has 3 aromatic rings. The third kappa shape index (κ3) is 5.24. The van der Waals surface area contributed by atoms with E-state index >= 15 is 0 Å². The van der Waals surface area contributed by atoms with Gasteiger partial charge >= 0.3 is 0 Å². The molecule has 5 rings (SSSR count). The number of carbonyl (C=O) groups excluding carboxylic acids is 1. The molecular formula is C28H31N3O4S. The molecule has 0 saturated carbocycles. The van der Waals surface area contributed by atoms with Crippen molar-refractivity contribution in [2.45, 2.75) is 43.9 Å². The van der Waals surface area contributed by atoms with E-state index in [0.717, 1.165) is 30.8 Å². The number of anilines is 1. The van der Waals surface area contributed by atoms with Crippen LogP contribution < -0.4 is 14.4 Å². The number of carbonyl (C=O) groups is 1. The molecule has 1 amide bonds. The second-order valence-corrected chi connectivity index (χ2v) is 11.3. The summed E-state index contributed by atoms with van der Waals surface area (Å²) in [6.07, 6.45) is 1.53. The number of ether oxygens (including phenoxy) is 1. The molecule has 0 bridgehead atoms. The van der Waals surface area contributed by atoms with Crippen molar-refractivity contribution in [3.63, 3.8) is 0 Å². The van der Waals surface area contributed by atoms with Gasteiger partial charge in [0.25, 0.3) is 15.9 Å². The Balaban J connectivity index is 1.31. The molecule has 2 heterocycles. The van der Waals surface area contributed by atoms with Crippen molar-refractivity contribution >= 4 is 21.6 Å². The molecule has 0 spiro atoms. The molecule has 2 aliphatic heterocycles. The third-order valence-corrected chi connectivity index (χ3v) is 8.49. The second kappa shape index (κ2) is 10.3. The maximum Gasteiger partial charge on any atom is 0.264 e. The molecule has 1 fully saturated rings. The zero-order chi connectivity index (χ0) is 25.1. The summed E-state index contributed by atoms with van der Waals surface area (Å²) in [5.41, 5.74) is 3.62. The third-order valence-electron chi connectivity index (χ3n) is 6.70. The van der Waals surface area contributed by atoms with E-state index in [2.05, 4.69) is 22.3 Å². The first kappa shape index (κ1) is 24.3. The predicted octanol–water partition coefficient (Wildman–Crippen LogP) is 3.86. The number of amides is 1. The van der Waals surface area contributed by atoms with Gasteiger partial charge in [-0.05, 0) is 68.2 Å². The molecule has 3 aromatic carbocycles. The number of benzene rings is 3. The Morgan fingerprint density at radius 3 is 2.47 bits per heavy atom. The number of aryl methyl sites for hydroxylation is 1. The number of sulfonamides is 1. The number of rotatable bonds is 7. The van der Waals surface area contributed by atoms with Crippen molar-refractivity contribution in [1.29, 1.82) is 0 Å². The van der Waals surface area contributed by atoms with E-state index in [1.807, 2.05) is 19.1 Å². The summed E-state index contributed by atoms with van der Waals surface area (Å²) in [4.78, 5) is 15.8. The van der Waals surface area contributed by atoms with Crippen LogP contribution in [0.5, 0.6) is 5.75 Å². The van der Waals surface area contributed by atoms with Crippen molar-refractivity contribution in [2.75, 3.05) is 23.9 Å². The van der Waals surface area contributed by atoms with Crippen LogP contribution in [0.1, 0.15) is 29.5 Å². The minimum Gasteiger partial charge on any atom is -0.476 e. The van der Waals surface area contributed by atoms with Gasteiger partial charge < -0.3 is 10.1 Å². The maximum atomic E-state index is 13.5. The summed E-state index contributed by atoms with van der Waals surface area (Å²) >= 11 is 0. The van der Waals surface area contributed by atoms with Gasteiger partial charge in [-0.3, -0.25) is 14.0 Å². The number of nitrogens with one attached hydrogen (secondary N) is 1. The molecule has 1 atom stereocenters. The predicted molar refractivity (Wildman–Crippen MR) is 139 cm³/mol. The average Bonchev–Trinajstić information content (AvgIpc) is 3.40. The number of hydrogen-bond donors (Lipinski definition) is 1. The van der Waals surface area contributed by atoms with Gasteiger partial charge in [0.15, 0.2) is 6.10 Å². The topological polar surface area (TPSA) is 79.0 Å². The highest BCUT2D eigenvalue weighted by atomic mass is 32.2. The molecule has 36 heavy (non-hydrogen) atoms. The zero-order valence-corrected chi connectivity index (χ0v) is 21.2. The van der Waals surface area contributed by atoms with E-state index in [1.165, 1.54) is 22.7 Å². The summed E-state index contributed by atoms with van der Waals surface area (Å²) in [6, 6.07) is 21.8. The Labute approximate surface area is 212 Å². The first-order valence-electron chi connectivity index (χ1n) is 12.3. The normalized spacial score (nSPS) is 17.9. The van der Waals surface area contributed by atoms with Crippen LogP contribution in [0.2, 0.25) is 0 Å². The van der Waals surface area contributed by atoms with Crippen molar-refractivity contribution in [1.82, 2.24) is 10.2 Å². The summed E-state index contributed by atoms with van der Waals surface area (Å²) in [7, 11) is -3.87. The number of hydrogen-bond acceptors (Lipinski definition) is 5. The van der Waals surface area contributed by atoms with Crippen LogP contribution >= 0.6 is 0 Å². The Kier molecular flexibility index (Phi) is 6.98. The molecule has 0 aliphatic carbocycles. The van der Waals surface area contributed by atoms with E-state index in [9.17, 15) is 13.2 Å². The summed E-state index contributed by atoms with van der Waals surface area (Å²) < 4.78 is 34.3. The summed E-state index contributed by atoms with van der Waals surface area (Å²) in [6.45, 7) is 5.32. The fourth-order valence-electron chi connectivity index (χ4n) is 4.74. The van der Waals surface area contributed by atoms with Gasteiger partial charge in [-0.1, -0.05) is 54.1 Å². The number of fused-ring (bicyclic) bond motifs is 1. The van der Waals surface area contributed by atoms with E-state index in [-0.39, 0.29) is 17.3 Å². The van der Waals surface area contributed by atoms with Crippen molar-refractivity contribution in [3.05, 3.63) is 89.5 Å². The Hall–Kier alpha value is -3.36. The lowest BCUT2D eigenvalue weighted by molar-refractivity contribution is -0.127. The molecule has 1 saturated heterocycles. The van der Waals surface area contributed by atoms with Crippen LogP contribution in [0.4, 0.5) is 5.69 Å². The number of para-hydroxylation sites is 2. The van der Waals surface area contributed by atoms with Gasteiger partial charge in [0.1, 0.15) is 5.75 Å². The highest BCUT2D eigenvalue weighted by molar-refractivity contribution is 7.92. The van der Waals surface area contributed by atoms with Crippen LogP contribution in [0.15, 0.2) is 77.7 Å². The smallest absolute Gasteiger partial charge is 0.264 e. The van der Waals surface area contributed by atoms with E-state index in [1.54, 1.807) is 48.5 Å². The maximum absolute atomic E-state index is 13.5. The number of likely N-dealkylation sites (tertiary alicyclic amines) is 1. The van der Waals surface area contributed by atoms with Gasteiger partial charge in [-0.25, -0.2) is 8.42 Å². The molecule has 2 aliphatic rings. The lowest BCUT2D eigenvalue weighted by Crippen LogP contribution is -2.50. The van der Waals surface area contributed by atoms with Crippen LogP contribution in [-0.2, 0) is 27.9 Å². The largest absolute Gasteiger partial charge is 0.476 e. The van der Waals surface area contributed by atoms with Crippen molar-refractivity contribution in [2.24, 2.45) is 0 Å². The van der Waals surface area contributed by atoms with Crippen LogP contribution in [0, 0.1) is 6.92 Å². The Bertz CT molecular complexity index is 1330. The summed E-state index contributed by atoms with van der Waals surface area (Å²) in [5.74, 6) is 0.0192. The van der Waals surface area contributed by atoms with Gasteiger partial charge in [-0.2, -0.15) is 0 Å². The van der Waals surface area contributed by atoms with Gasteiger partial charge in [-0.15, -0.1) is 0 Å². The van der Waals surface area contributed by atoms with Gasteiger partial charge in [0, 0.05) is 13.1 Å².